The van der Waals surface area contributed by atoms with Crippen LogP contribution >= 0.6 is 0 Å². The lowest BCUT2D eigenvalue weighted by Gasteiger charge is -2.31. The molecule has 1 unspecified atom stereocenters. The number of aromatic nitrogens is 2. The predicted molar refractivity (Wildman–Crippen MR) is 120 cm³/mol. The highest BCUT2D eigenvalue weighted by molar-refractivity contribution is 5.81. The van der Waals surface area contributed by atoms with Crippen LogP contribution in [0.3, 0.4) is 0 Å². The van der Waals surface area contributed by atoms with E-state index in [9.17, 15) is 22.7 Å². The third kappa shape index (κ3) is 4.43. The first-order chi connectivity index (χ1) is 15.6. The van der Waals surface area contributed by atoms with Crippen LogP contribution < -0.4 is 5.32 Å². The number of benzene rings is 3. The monoisotopic (exact) mass is 457 g/mol. The van der Waals surface area contributed by atoms with E-state index in [1.807, 2.05) is 26.0 Å². The molecule has 0 aliphatic carbocycles. The summed E-state index contributed by atoms with van der Waals surface area (Å²) < 4.78 is 56.8. The fourth-order valence-electron chi connectivity index (χ4n) is 3.66. The number of hydrogen-bond acceptors (Lipinski definition) is 3. The number of fused-ring (bicyclic) bond motifs is 1. The van der Waals surface area contributed by atoms with E-state index in [2.05, 4.69) is 10.4 Å². The molecule has 2 N–H and O–H groups in total. The highest BCUT2D eigenvalue weighted by atomic mass is 19.4. The maximum Gasteiger partial charge on any atom is 0.423 e. The molecule has 8 heteroatoms. The average Bonchev–Trinajstić information content (AvgIpc) is 3.21. The van der Waals surface area contributed by atoms with Crippen LogP contribution in [-0.4, -0.2) is 27.6 Å². The Balaban J connectivity index is 1.65. The van der Waals surface area contributed by atoms with Gasteiger partial charge < -0.3 is 10.4 Å². The summed E-state index contributed by atoms with van der Waals surface area (Å²) in [5.74, 6) is -0.104. The number of halogens is 4. The summed E-state index contributed by atoms with van der Waals surface area (Å²) in [4.78, 5) is 0. The van der Waals surface area contributed by atoms with Crippen molar-refractivity contribution in [3.8, 4) is 5.69 Å². The van der Waals surface area contributed by atoms with Crippen LogP contribution in [0.2, 0.25) is 0 Å². The lowest BCUT2D eigenvalue weighted by atomic mass is 9.91. The van der Waals surface area contributed by atoms with Gasteiger partial charge in [-0.25, -0.2) is 9.07 Å². The van der Waals surface area contributed by atoms with E-state index in [4.69, 9.17) is 0 Å². The van der Waals surface area contributed by atoms with E-state index >= 15 is 0 Å². The van der Waals surface area contributed by atoms with Gasteiger partial charge in [0.25, 0.3) is 0 Å². The fourth-order valence-corrected chi connectivity index (χ4v) is 3.66. The Kier molecular flexibility index (Phi) is 5.88. The molecule has 33 heavy (non-hydrogen) atoms. The largest absolute Gasteiger partial charge is 0.423 e. The van der Waals surface area contributed by atoms with Crippen LogP contribution in [0, 0.1) is 5.82 Å². The summed E-state index contributed by atoms with van der Waals surface area (Å²) in [6.45, 7) is 3.30. The highest BCUT2D eigenvalue weighted by Gasteiger charge is 2.55. The maximum absolute atomic E-state index is 14.0. The van der Waals surface area contributed by atoms with Gasteiger partial charge in [-0.1, -0.05) is 32.0 Å². The minimum atomic E-state index is -4.92. The normalized spacial score (nSPS) is 13.9. The second-order valence-corrected chi connectivity index (χ2v) is 8.29. The number of nitrogens with zero attached hydrogens (tertiary/aromatic N) is 2. The number of rotatable bonds is 6. The Morgan fingerprint density at radius 3 is 2.24 bits per heavy atom. The lowest BCUT2D eigenvalue weighted by Crippen LogP contribution is -2.47. The van der Waals surface area contributed by atoms with Crippen molar-refractivity contribution in [1.29, 1.82) is 0 Å². The summed E-state index contributed by atoms with van der Waals surface area (Å²) in [6, 6.07) is 16.7. The van der Waals surface area contributed by atoms with Crippen LogP contribution in [-0.2, 0) is 5.60 Å². The van der Waals surface area contributed by atoms with Crippen LogP contribution in [0.25, 0.3) is 16.6 Å². The summed E-state index contributed by atoms with van der Waals surface area (Å²) >= 11 is 0. The van der Waals surface area contributed by atoms with Crippen LogP contribution in [0.15, 0.2) is 72.9 Å². The Morgan fingerprint density at radius 2 is 1.64 bits per heavy atom. The smallest absolute Gasteiger partial charge is 0.381 e. The molecule has 0 amide bonds. The molecule has 1 atom stereocenters. The molecule has 0 spiro atoms. The Bertz CT molecular complexity index is 1250. The molecule has 0 aliphatic heterocycles. The molecule has 0 bridgehead atoms. The molecule has 0 radical (unpaired) electrons. The molecular formula is C25H23F4N3O. The first-order valence-corrected chi connectivity index (χ1v) is 10.5. The highest BCUT2D eigenvalue weighted by Crippen LogP contribution is 2.40. The lowest BCUT2D eigenvalue weighted by molar-refractivity contribution is -0.260. The van der Waals surface area contributed by atoms with Gasteiger partial charge in [0.1, 0.15) is 5.82 Å². The first kappa shape index (κ1) is 22.8. The molecule has 0 saturated heterocycles. The quantitative estimate of drug-likeness (QED) is 0.342. The molecule has 0 aliphatic rings. The number of hydrogen-bond donors (Lipinski definition) is 2. The fraction of sp³-hybridized carbons (Fsp3) is 0.240. The SMILES string of the molecule is CC(C)c1ccc(NCC(O)(c2ccc3c(cnn3-c3ccc(F)cc3)c2)C(F)(F)F)cc1. The predicted octanol–water partition coefficient (Wildman–Crippen LogP) is 6.15. The van der Waals surface area contributed by atoms with E-state index in [0.29, 0.717) is 28.2 Å². The standard InChI is InChI=1S/C25H23F4N3O/c1-16(2)17-3-8-21(9-4-17)30-15-24(33,25(27,28)29)19-5-12-23-18(13-19)14-31-32(23)22-10-6-20(26)7-11-22/h3-14,16,30,33H,15H2,1-2H3. The van der Waals surface area contributed by atoms with Crippen molar-refractivity contribution in [3.05, 3.63) is 89.9 Å². The van der Waals surface area contributed by atoms with Crippen LogP contribution in [0.1, 0.15) is 30.9 Å². The van der Waals surface area contributed by atoms with Crippen molar-refractivity contribution >= 4 is 16.6 Å². The zero-order chi connectivity index (χ0) is 23.8. The van der Waals surface area contributed by atoms with E-state index in [0.717, 1.165) is 5.56 Å². The maximum atomic E-state index is 14.0. The summed E-state index contributed by atoms with van der Waals surface area (Å²) in [5.41, 5.74) is -0.769. The van der Waals surface area contributed by atoms with E-state index in [-0.39, 0.29) is 5.56 Å². The van der Waals surface area contributed by atoms with Crippen molar-refractivity contribution in [3.63, 3.8) is 0 Å². The van der Waals surface area contributed by atoms with Crippen molar-refractivity contribution in [1.82, 2.24) is 9.78 Å². The molecule has 1 heterocycles. The summed E-state index contributed by atoms with van der Waals surface area (Å²) in [6.07, 6.45) is -3.50. The minimum absolute atomic E-state index is 0.299. The second-order valence-electron chi connectivity index (χ2n) is 8.29. The van der Waals surface area contributed by atoms with Gasteiger partial charge in [-0.05, 0) is 65.6 Å². The minimum Gasteiger partial charge on any atom is -0.381 e. The first-order valence-electron chi connectivity index (χ1n) is 10.5. The number of nitrogens with one attached hydrogen (secondary N) is 1. The molecule has 1 aromatic heterocycles. The Hall–Kier alpha value is -3.39. The van der Waals surface area contributed by atoms with Crippen LogP contribution in [0.5, 0.6) is 0 Å². The molecule has 172 valence electrons. The summed E-state index contributed by atoms with van der Waals surface area (Å²) in [7, 11) is 0. The zero-order valence-electron chi connectivity index (χ0n) is 18.1. The Morgan fingerprint density at radius 1 is 0.970 bits per heavy atom. The van der Waals surface area contributed by atoms with Gasteiger partial charge in [0, 0.05) is 11.1 Å². The van der Waals surface area contributed by atoms with Crippen molar-refractivity contribution in [2.75, 3.05) is 11.9 Å². The average molecular weight is 457 g/mol. The second kappa shape index (κ2) is 8.51. The van der Waals surface area contributed by atoms with Gasteiger partial charge >= 0.3 is 6.18 Å². The van der Waals surface area contributed by atoms with Crippen molar-refractivity contribution in [2.45, 2.75) is 31.5 Å². The number of alkyl halides is 3. The zero-order valence-corrected chi connectivity index (χ0v) is 18.1. The Labute approximate surface area is 188 Å². The van der Waals surface area contributed by atoms with E-state index in [1.54, 1.807) is 12.1 Å². The molecule has 4 nitrogen and oxygen atoms in total. The van der Waals surface area contributed by atoms with E-state index in [1.165, 1.54) is 53.3 Å². The molecule has 3 aromatic carbocycles. The van der Waals surface area contributed by atoms with Crippen molar-refractivity contribution < 1.29 is 22.7 Å². The van der Waals surface area contributed by atoms with Gasteiger partial charge in [-0.15, -0.1) is 0 Å². The van der Waals surface area contributed by atoms with Gasteiger partial charge in [-0.3, -0.25) is 0 Å². The molecular weight excluding hydrogens is 434 g/mol. The van der Waals surface area contributed by atoms with Gasteiger partial charge in [0.2, 0.25) is 5.60 Å². The summed E-state index contributed by atoms with van der Waals surface area (Å²) in [5, 5.41) is 18.1. The number of anilines is 1. The van der Waals surface area contributed by atoms with Crippen LogP contribution in [0.4, 0.5) is 23.2 Å². The van der Waals surface area contributed by atoms with Gasteiger partial charge in [0.05, 0.1) is 23.9 Å². The van der Waals surface area contributed by atoms with Gasteiger partial charge in [0.15, 0.2) is 0 Å². The third-order valence-electron chi connectivity index (χ3n) is 5.71. The topological polar surface area (TPSA) is 50.1 Å². The van der Waals surface area contributed by atoms with E-state index < -0.39 is 24.1 Å². The van der Waals surface area contributed by atoms with Gasteiger partial charge in [-0.2, -0.15) is 18.3 Å². The number of aliphatic hydroxyl groups is 1. The third-order valence-corrected chi connectivity index (χ3v) is 5.71. The van der Waals surface area contributed by atoms with Crippen molar-refractivity contribution in [2.24, 2.45) is 0 Å². The molecule has 4 aromatic rings. The molecule has 0 saturated carbocycles. The molecule has 0 fully saturated rings. The molecule has 4 rings (SSSR count).